The SMILES string of the molecule is Cc1ccccc1N(CCC(C)CC(=O)O)C(=O)c1ccc(NC(=O)c2ccccc2-c2ccccc2)cc1. The first-order valence-corrected chi connectivity index (χ1v) is 13.0. The number of carboxylic acid groups (broad SMARTS) is 1. The van der Waals surface area contributed by atoms with Crippen molar-refractivity contribution < 1.29 is 19.5 Å². The van der Waals surface area contributed by atoms with Crippen molar-refractivity contribution in [3.05, 3.63) is 120 Å². The maximum Gasteiger partial charge on any atom is 0.303 e. The van der Waals surface area contributed by atoms with Crippen LogP contribution < -0.4 is 10.2 Å². The van der Waals surface area contributed by atoms with Crippen molar-refractivity contribution in [2.45, 2.75) is 26.7 Å². The molecule has 0 bridgehead atoms. The summed E-state index contributed by atoms with van der Waals surface area (Å²) in [5.41, 5.74) is 5.16. The second kappa shape index (κ2) is 12.7. The lowest BCUT2D eigenvalue weighted by Gasteiger charge is -2.26. The zero-order valence-corrected chi connectivity index (χ0v) is 22.1. The van der Waals surface area contributed by atoms with Gasteiger partial charge in [0.2, 0.25) is 0 Å². The van der Waals surface area contributed by atoms with E-state index in [4.69, 9.17) is 5.11 Å². The first kappa shape index (κ1) is 27.3. The van der Waals surface area contributed by atoms with E-state index in [9.17, 15) is 14.4 Å². The third-order valence-electron chi connectivity index (χ3n) is 6.67. The number of rotatable bonds is 10. The Balaban J connectivity index is 1.52. The Morgan fingerprint density at radius 3 is 2.15 bits per heavy atom. The van der Waals surface area contributed by atoms with Gasteiger partial charge < -0.3 is 15.3 Å². The highest BCUT2D eigenvalue weighted by molar-refractivity contribution is 6.09. The van der Waals surface area contributed by atoms with Crippen molar-refractivity contribution in [3.8, 4) is 11.1 Å². The number of carbonyl (C=O) groups excluding carboxylic acids is 2. The molecular formula is C33H32N2O4. The summed E-state index contributed by atoms with van der Waals surface area (Å²) in [5.74, 6) is -1.33. The number of hydrogen-bond donors (Lipinski definition) is 2. The Kier molecular flexibility index (Phi) is 8.90. The molecule has 0 saturated carbocycles. The Morgan fingerprint density at radius 1 is 0.821 bits per heavy atom. The molecule has 39 heavy (non-hydrogen) atoms. The normalized spacial score (nSPS) is 11.4. The lowest BCUT2D eigenvalue weighted by molar-refractivity contribution is -0.138. The minimum Gasteiger partial charge on any atom is -0.481 e. The van der Waals surface area contributed by atoms with E-state index in [1.165, 1.54) is 0 Å². The minimum atomic E-state index is -0.847. The number of anilines is 2. The number of nitrogens with zero attached hydrogens (tertiary/aromatic N) is 1. The maximum atomic E-state index is 13.6. The third-order valence-corrected chi connectivity index (χ3v) is 6.67. The molecule has 0 aliphatic heterocycles. The second-order valence-electron chi connectivity index (χ2n) is 9.68. The summed E-state index contributed by atoms with van der Waals surface area (Å²) in [7, 11) is 0. The van der Waals surface area contributed by atoms with Gasteiger partial charge in [-0.05, 0) is 72.4 Å². The fourth-order valence-electron chi connectivity index (χ4n) is 4.55. The Morgan fingerprint density at radius 2 is 1.46 bits per heavy atom. The monoisotopic (exact) mass is 520 g/mol. The smallest absolute Gasteiger partial charge is 0.303 e. The molecule has 4 aromatic carbocycles. The second-order valence-corrected chi connectivity index (χ2v) is 9.68. The highest BCUT2D eigenvalue weighted by atomic mass is 16.4. The molecule has 2 N–H and O–H groups in total. The predicted molar refractivity (Wildman–Crippen MR) is 155 cm³/mol. The van der Waals surface area contributed by atoms with Gasteiger partial charge in [-0.1, -0.05) is 73.7 Å². The van der Waals surface area contributed by atoms with Crippen LogP contribution in [0.2, 0.25) is 0 Å². The first-order valence-electron chi connectivity index (χ1n) is 13.0. The summed E-state index contributed by atoms with van der Waals surface area (Å²) in [6.07, 6.45) is 0.610. The van der Waals surface area contributed by atoms with Crippen LogP contribution in [0.1, 0.15) is 46.0 Å². The van der Waals surface area contributed by atoms with E-state index >= 15 is 0 Å². The number of amides is 2. The number of benzene rings is 4. The predicted octanol–water partition coefficient (Wildman–Crippen LogP) is 7.06. The van der Waals surface area contributed by atoms with E-state index in [2.05, 4.69) is 5.32 Å². The van der Waals surface area contributed by atoms with Crippen molar-refractivity contribution in [2.24, 2.45) is 5.92 Å². The fraction of sp³-hybridized carbons (Fsp3) is 0.182. The van der Waals surface area contributed by atoms with Gasteiger partial charge in [-0.3, -0.25) is 14.4 Å². The van der Waals surface area contributed by atoms with E-state index in [0.29, 0.717) is 29.8 Å². The first-order chi connectivity index (χ1) is 18.8. The largest absolute Gasteiger partial charge is 0.481 e. The van der Waals surface area contributed by atoms with Crippen molar-refractivity contribution in [1.82, 2.24) is 0 Å². The molecule has 0 aliphatic rings. The number of nitrogens with one attached hydrogen (secondary N) is 1. The van der Waals surface area contributed by atoms with Gasteiger partial charge in [0.05, 0.1) is 0 Å². The molecule has 0 spiro atoms. The summed E-state index contributed by atoms with van der Waals surface area (Å²) in [6, 6.07) is 31.7. The highest BCUT2D eigenvalue weighted by Crippen LogP contribution is 2.26. The fourth-order valence-corrected chi connectivity index (χ4v) is 4.55. The van der Waals surface area contributed by atoms with Crippen LogP contribution in [0.3, 0.4) is 0 Å². The van der Waals surface area contributed by atoms with Crippen LogP contribution >= 0.6 is 0 Å². The molecule has 4 aromatic rings. The molecule has 4 rings (SSSR count). The average Bonchev–Trinajstić information content (AvgIpc) is 2.94. The van der Waals surface area contributed by atoms with E-state index in [0.717, 1.165) is 22.4 Å². The summed E-state index contributed by atoms with van der Waals surface area (Å²) < 4.78 is 0. The zero-order valence-electron chi connectivity index (χ0n) is 22.1. The Labute approximate surface area is 228 Å². The number of carbonyl (C=O) groups is 3. The van der Waals surface area contributed by atoms with E-state index in [-0.39, 0.29) is 24.2 Å². The molecule has 0 saturated heterocycles. The number of para-hydroxylation sites is 1. The Hall–Kier alpha value is -4.71. The third kappa shape index (κ3) is 6.99. The number of hydrogen-bond acceptors (Lipinski definition) is 3. The van der Waals surface area contributed by atoms with Crippen LogP contribution in [0.25, 0.3) is 11.1 Å². The van der Waals surface area contributed by atoms with E-state index in [1.807, 2.05) is 86.6 Å². The molecule has 0 aromatic heterocycles. The van der Waals surface area contributed by atoms with Crippen LogP contribution in [0.5, 0.6) is 0 Å². The van der Waals surface area contributed by atoms with Gasteiger partial charge >= 0.3 is 5.97 Å². The summed E-state index contributed by atoms with van der Waals surface area (Å²) in [5, 5.41) is 12.1. The van der Waals surface area contributed by atoms with Crippen LogP contribution in [-0.2, 0) is 4.79 Å². The molecule has 6 heteroatoms. The van der Waals surface area contributed by atoms with Crippen molar-refractivity contribution >= 4 is 29.2 Å². The van der Waals surface area contributed by atoms with Crippen LogP contribution in [0.15, 0.2) is 103 Å². The molecule has 0 heterocycles. The maximum absolute atomic E-state index is 13.6. The van der Waals surface area contributed by atoms with Crippen molar-refractivity contribution in [2.75, 3.05) is 16.8 Å². The summed E-state index contributed by atoms with van der Waals surface area (Å²) in [4.78, 5) is 39.6. The molecule has 0 fully saturated rings. The number of aliphatic carboxylic acids is 1. The van der Waals surface area contributed by atoms with Gasteiger partial charge in [-0.15, -0.1) is 0 Å². The quantitative estimate of drug-likeness (QED) is 0.234. The molecule has 0 radical (unpaired) electrons. The minimum absolute atomic E-state index is 0.0532. The lowest BCUT2D eigenvalue weighted by Crippen LogP contribution is -2.33. The van der Waals surface area contributed by atoms with Crippen molar-refractivity contribution in [1.29, 1.82) is 0 Å². The molecule has 198 valence electrons. The van der Waals surface area contributed by atoms with Crippen LogP contribution in [-0.4, -0.2) is 29.4 Å². The van der Waals surface area contributed by atoms with E-state index in [1.54, 1.807) is 35.2 Å². The van der Waals surface area contributed by atoms with Crippen molar-refractivity contribution in [3.63, 3.8) is 0 Å². The highest BCUT2D eigenvalue weighted by Gasteiger charge is 2.21. The standard InChI is InChI=1S/C33H32N2O4/c1-23(22-31(36)37)20-21-35(30-15-9-6-10-24(30)2)33(39)26-16-18-27(19-17-26)34-32(38)29-14-8-7-13-28(29)25-11-4-3-5-12-25/h3-19,23H,20-22H2,1-2H3,(H,34,38)(H,36,37). The summed E-state index contributed by atoms with van der Waals surface area (Å²) in [6.45, 7) is 4.22. The van der Waals surface area contributed by atoms with Crippen LogP contribution in [0.4, 0.5) is 11.4 Å². The molecule has 1 atom stereocenters. The Bertz CT molecular complexity index is 1450. The average molecular weight is 521 g/mol. The lowest BCUT2D eigenvalue weighted by atomic mass is 9.99. The zero-order chi connectivity index (χ0) is 27.8. The van der Waals surface area contributed by atoms with Gasteiger partial charge in [0.1, 0.15) is 0 Å². The van der Waals surface area contributed by atoms with Gasteiger partial charge in [0, 0.05) is 35.5 Å². The topological polar surface area (TPSA) is 86.7 Å². The molecule has 2 amide bonds. The molecular weight excluding hydrogens is 488 g/mol. The van der Waals surface area contributed by atoms with Gasteiger partial charge in [0.25, 0.3) is 11.8 Å². The number of aryl methyl sites for hydroxylation is 1. The number of carboxylic acids is 1. The van der Waals surface area contributed by atoms with Gasteiger partial charge in [0.15, 0.2) is 0 Å². The van der Waals surface area contributed by atoms with E-state index < -0.39 is 5.97 Å². The van der Waals surface area contributed by atoms with Gasteiger partial charge in [-0.2, -0.15) is 0 Å². The molecule has 6 nitrogen and oxygen atoms in total. The van der Waals surface area contributed by atoms with Gasteiger partial charge in [-0.25, -0.2) is 0 Å². The summed E-state index contributed by atoms with van der Waals surface area (Å²) >= 11 is 0. The molecule has 0 aliphatic carbocycles. The van der Waals surface area contributed by atoms with Crippen LogP contribution in [0, 0.1) is 12.8 Å². The molecule has 1 unspecified atom stereocenters.